The Bertz CT molecular complexity index is 1290. The Morgan fingerprint density at radius 3 is 2.59 bits per heavy atom. The van der Waals surface area contributed by atoms with Crippen LogP contribution in [0.4, 0.5) is 5.95 Å². The molecule has 1 amide bonds. The van der Waals surface area contributed by atoms with Gasteiger partial charge in [-0.3, -0.25) is 4.79 Å². The van der Waals surface area contributed by atoms with E-state index in [0.29, 0.717) is 31.2 Å². The van der Waals surface area contributed by atoms with Crippen molar-refractivity contribution in [3.8, 4) is 5.69 Å². The van der Waals surface area contributed by atoms with E-state index >= 15 is 0 Å². The second-order valence-electron chi connectivity index (χ2n) is 8.89. The van der Waals surface area contributed by atoms with Crippen LogP contribution < -0.4 is 5.32 Å². The SMILES string of the molecule is CC(C)c1cnn2c(NCc3ccccc3-n3cccn3)nc(C(=O)N3CCN(C)CC3)nc12. The standard InChI is InChI=1S/C24H29N9O/c1-17(2)19-16-27-33-22(19)28-21(23(34)31-13-11-30(3)12-14-31)29-24(33)25-15-18-7-4-5-8-20(18)32-10-6-9-26-32/h4-10,16-17H,11-15H2,1-3H3,(H,25,28,29). The zero-order chi connectivity index (χ0) is 23.7. The molecule has 0 atom stereocenters. The summed E-state index contributed by atoms with van der Waals surface area (Å²) in [4.78, 5) is 26.6. The third-order valence-electron chi connectivity index (χ3n) is 6.18. The number of likely N-dealkylation sites (N-methyl/N-ethyl adjacent to an activating group) is 1. The molecule has 0 bridgehead atoms. The second-order valence-corrected chi connectivity index (χ2v) is 8.89. The zero-order valence-electron chi connectivity index (χ0n) is 19.7. The van der Waals surface area contributed by atoms with E-state index in [9.17, 15) is 4.79 Å². The summed E-state index contributed by atoms with van der Waals surface area (Å²) in [6.45, 7) is 7.69. The molecule has 0 saturated carbocycles. The van der Waals surface area contributed by atoms with Gasteiger partial charge in [0.05, 0.1) is 11.9 Å². The molecule has 10 heteroatoms. The fourth-order valence-electron chi connectivity index (χ4n) is 4.13. The number of aromatic nitrogens is 6. The van der Waals surface area contributed by atoms with Crippen molar-refractivity contribution in [3.05, 3.63) is 65.9 Å². The summed E-state index contributed by atoms with van der Waals surface area (Å²) >= 11 is 0. The molecule has 4 heterocycles. The quantitative estimate of drug-likeness (QED) is 0.473. The molecule has 0 radical (unpaired) electrons. The van der Waals surface area contributed by atoms with E-state index in [4.69, 9.17) is 0 Å². The molecule has 1 saturated heterocycles. The zero-order valence-corrected chi connectivity index (χ0v) is 19.7. The molecule has 0 unspecified atom stereocenters. The molecule has 34 heavy (non-hydrogen) atoms. The molecule has 4 aromatic rings. The van der Waals surface area contributed by atoms with Crippen molar-refractivity contribution in [3.63, 3.8) is 0 Å². The molecule has 1 aliphatic rings. The van der Waals surface area contributed by atoms with E-state index in [1.807, 2.05) is 52.3 Å². The minimum atomic E-state index is -0.147. The van der Waals surface area contributed by atoms with Gasteiger partial charge in [-0.05, 0) is 30.7 Å². The molecule has 1 aromatic carbocycles. The molecule has 3 aromatic heterocycles. The number of hydrogen-bond acceptors (Lipinski definition) is 7. The molecular weight excluding hydrogens is 430 g/mol. The monoisotopic (exact) mass is 459 g/mol. The van der Waals surface area contributed by atoms with Gasteiger partial charge in [0, 0.05) is 50.7 Å². The van der Waals surface area contributed by atoms with E-state index in [-0.39, 0.29) is 17.6 Å². The largest absolute Gasteiger partial charge is 0.350 e. The van der Waals surface area contributed by atoms with Gasteiger partial charge < -0.3 is 15.1 Å². The molecule has 1 N–H and O–H groups in total. The molecule has 5 rings (SSSR count). The Hall–Kier alpha value is -3.79. The number of para-hydroxylation sites is 1. The number of rotatable bonds is 6. The first-order valence-electron chi connectivity index (χ1n) is 11.6. The number of piperazine rings is 1. The van der Waals surface area contributed by atoms with Gasteiger partial charge in [0.25, 0.3) is 5.91 Å². The van der Waals surface area contributed by atoms with Gasteiger partial charge in [-0.1, -0.05) is 32.0 Å². The molecular formula is C24H29N9O. The normalized spacial score (nSPS) is 14.8. The van der Waals surface area contributed by atoms with E-state index in [1.165, 1.54) is 0 Å². The molecule has 1 fully saturated rings. The lowest BCUT2D eigenvalue weighted by molar-refractivity contribution is 0.0652. The van der Waals surface area contributed by atoms with Crippen LogP contribution in [0.1, 0.15) is 41.5 Å². The van der Waals surface area contributed by atoms with Crippen LogP contribution in [-0.2, 0) is 6.54 Å². The maximum absolute atomic E-state index is 13.3. The summed E-state index contributed by atoms with van der Waals surface area (Å²) in [6, 6.07) is 9.94. The smallest absolute Gasteiger partial charge is 0.291 e. The van der Waals surface area contributed by atoms with Gasteiger partial charge in [-0.25, -0.2) is 9.67 Å². The first-order chi connectivity index (χ1) is 16.5. The minimum absolute atomic E-state index is 0.147. The third-order valence-corrected chi connectivity index (χ3v) is 6.18. The molecule has 0 spiro atoms. The van der Waals surface area contributed by atoms with Crippen molar-refractivity contribution < 1.29 is 4.79 Å². The number of hydrogen-bond donors (Lipinski definition) is 1. The van der Waals surface area contributed by atoms with E-state index < -0.39 is 0 Å². The highest BCUT2D eigenvalue weighted by molar-refractivity contribution is 5.91. The van der Waals surface area contributed by atoms with Crippen LogP contribution in [0.5, 0.6) is 0 Å². The first-order valence-corrected chi connectivity index (χ1v) is 11.6. The second kappa shape index (κ2) is 9.22. The number of carbonyl (C=O) groups excluding carboxylic acids is 1. The van der Waals surface area contributed by atoms with Crippen LogP contribution >= 0.6 is 0 Å². The predicted molar refractivity (Wildman–Crippen MR) is 129 cm³/mol. The summed E-state index contributed by atoms with van der Waals surface area (Å²) in [7, 11) is 2.06. The molecule has 176 valence electrons. The van der Waals surface area contributed by atoms with Crippen molar-refractivity contribution in [1.29, 1.82) is 0 Å². The summed E-state index contributed by atoms with van der Waals surface area (Å²) in [5, 5.41) is 12.3. The Morgan fingerprint density at radius 1 is 1.06 bits per heavy atom. The highest BCUT2D eigenvalue weighted by Crippen LogP contribution is 2.22. The number of nitrogens with zero attached hydrogens (tertiary/aromatic N) is 8. The first kappa shape index (κ1) is 22.0. The van der Waals surface area contributed by atoms with Crippen molar-refractivity contribution in [1.82, 2.24) is 39.2 Å². The number of nitrogens with one attached hydrogen (secondary N) is 1. The van der Waals surface area contributed by atoms with Crippen LogP contribution in [0.2, 0.25) is 0 Å². The van der Waals surface area contributed by atoms with E-state index in [0.717, 1.165) is 29.9 Å². The van der Waals surface area contributed by atoms with Gasteiger partial charge in [0.1, 0.15) is 0 Å². The number of carbonyl (C=O) groups is 1. The van der Waals surface area contributed by atoms with Gasteiger partial charge in [-0.2, -0.15) is 19.7 Å². The Morgan fingerprint density at radius 2 is 1.85 bits per heavy atom. The number of benzene rings is 1. The predicted octanol–water partition coefficient (Wildman–Crippen LogP) is 2.43. The maximum atomic E-state index is 13.3. The third kappa shape index (κ3) is 4.24. The lowest BCUT2D eigenvalue weighted by atomic mass is 10.1. The highest BCUT2D eigenvalue weighted by atomic mass is 16.2. The van der Waals surface area contributed by atoms with Gasteiger partial charge >= 0.3 is 0 Å². The van der Waals surface area contributed by atoms with Crippen LogP contribution in [0.15, 0.2) is 48.9 Å². The van der Waals surface area contributed by atoms with Crippen LogP contribution in [0.3, 0.4) is 0 Å². The topological polar surface area (TPSA) is 96.5 Å². The number of anilines is 1. The average molecular weight is 460 g/mol. The van der Waals surface area contributed by atoms with Crippen LogP contribution in [0.25, 0.3) is 11.3 Å². The summed E-state index contributed by atoms with van der Waals surface area (Å²) in [5.74, 6) is 0.755. The highest BCUT2D eigenvalue weighted by Gasteiger charge is 2.25. The average Bonchev–Trinajstić information content (AvgIpc) is 3.53. The summed E-state index contributed by atoms with van der Waals surface area (Å²) in [6.07, 6.45) is 5.48. The summed E-state index contributed by atoms with van der Waals surface area (Å²) < 4.78 is 3.52. The Labute approximate surface area is 198 Å². The van der Waals surface area contributed by atoms with Gasteiger partial charge in [0.2, 0.25) is 11.8 Å². The summed E-state index contributed by atoms with van der Waals surface area (Å²) in [5.41, 5.74) is 3.66. The van der Waals surface area contributed by atoms with Crippen molar-refractivity contribution in [2.45, 2.75) is 26.3 Å². The number of amides is 1. The number of fused-ring (bicyclic) bond motifs is 1. The van der Waals surface area contributed by atoms with E-state index in [2.05, 4.69) is 51.3 Å². The lowest BCUT2D eigenvalue weighted by Gasteiger charge is -2.31. The fourth-order valence-corrected chi connectivity index (χ4v) is 4.13. The fraction of sp³-hybridized carbons (Fsp3) is 0.375. The molecule has 10 nitrogen and oxygen atoms in total. The van der Waals surface area contributed by atoms with Crippen LogP contribution in [-0.4, -0.2) is 78.3 Å². The Kier molecular flexibility index (Phi) is 5.97. The van der Waals surface area contributed by atoms with E-state index in [1.54, 1.807) is 10.7 Å². The Balaban J connectivity index is 1.49. The maximum Gasteiger partial charge on any atom is 0.291 e. The van der Waals surface area contributed by atoms with Crippen molar-refractivity contribution >= 4 is 17.5 Å². The van der Waals surface area contributed by atoms with Crippen molar-refractivity contribution in [2.75, 3.05) is 38.5 Å². The van der Waals surface area contributed by atoms with Crippen molar-refractivity contribution in [2.24, 2.45) is 0 Å². The van der Waals surface area contributed by atoms with Gasteiger partial charge in [0.15, 0.2) is 5.65 Å². The lowest BCUT2D eigenvalue weighted by Crippen LogP contribution is -2.47. The molecule has 1 aliphatic heterocycles. The van der Waals surface area contributed by atoms with Crippen LogP contribution in [0, 0.1) is 0 Å². The molecule has 0 aliphatic carbocycles. The van der Waals surface area contributed by atoms with Gasteiger partial charge in [-0.15, -0.1) is 0 Å². The minimum Gasteiger partial charge on any atom is -0.350 e.